The lowest BCUT2D eigenvalue weighted by Gasteiger charge is -2.26. The highest BCUT2D eigenvalue weighted by Crippen LogP contribution is 2.41. The van der Waals surface area contributed by atoms with Gasteiger partial charge in [-0.15, -0.1) is 5.10 Å². The van der Waals surface area contributed by atoms with Crippen LogP contribution in [0.1, 0.15) is 62.9 Å². The number of para-hydroxylation sites is 1. The number of hydrogen-bond donors (Lipinski definition) is 2. The van der Waals surface area contributed by atoms with Crippen molar-refractivity contribution in [3.8, 4) is 17.2 Å². The standard InChI is InChI=1S/C27H31N5O4/c1-2-3-4-5-6-7-8-18-34-21-15-12-20(13-16-21)14-17-25(33)28-22-10-9-11-23-26(22)36-24(19-35-23)27-29-31-32-30-27/h8-18,24H,2-7,19H2,1H3,(H,28,33)(H,29,30,31,32). The largest absolute Gasteiger partial charge is 0.485 e. The first kappa shape index (κ1) is 25.0. The molecule has 1 aliphatic rings. The molecule has 0 radical (unpaired) electrons. The minimum Gasteiger partial charge on any atom is -0.485 e. The number of carbonyl (C=O) groups excluding carboxylic acids is 1. The fourth-order valence-corrected chi connectivity index (χ4v) is 3.69. The van der Waals surface area contributed by atoms with Crippen molar-refractivity contribution in [3.05, 3.63) is 72.3 Å². The molecule has 1 atom stereocenters. The quantitative estimate of drug-likeness (QED) is 0.193. The van der Waals surface area contributed by atoms with Gasteiger partial charge in [0.1, 0.15) is 12.4 Å². The number of H-pyrrole nitrogens is 1. The summed E-state index contributed by atoms with van der Waals surface area (Å²) in [6.45, 7) is 2.48. The summed E-state index contributed by atoms with van der Waals surface area (Å²) in [7, 11) is 0. The maximum Gasteiger partial charge on any atom is 0.248 e. The Balaban J connectivity index is 1.27. The van der Waals surface area contributed by atoms with Gasteiger partial charge in [0.15, 0.2) is 23.4 Å². The number of nitrogens with one attached hydrogen (secondary N) is 2. The summed E-state index contributed by atoms with van der Waals surface area (Å²) >= 11 is 0. The number of ether oxygens (including phenoxy) is 3. The molecule has 2 N–H and O–H groups in total. The molecule has 0 saturated heterocycles. The van der Waals surface area contributed by atoms with Crippen molar-refractivity contribution in [1.82, 2.24) is 20.6 Å². The lowest BCUT2D eigenvalue weighted by molar-refractivity contribution is -0.111. The Hall–Kier alpha value is -4.14. The second kappa shape index (κ2) is 13.1. The number of nitrogens with zero attached hydrogens (tertiary/aromatic N) is 3. The molecule has 9 nitrogen and oxygen atoms in total. The Morgan fingerprint density at radius 1 is 1.17 bits per heavy atom. The summed E-state index contributed by atoms with van der Waals surface area (Å²) in [6, 6.07) is 12.9. The summed E-state index contributed by atoms with van der Waals surface area (Å²) in [5, 5.41) is 16.5. The normalized spacial score (nSPS) is 14.9. The Morgan fingerprint density at radius 3 is 2.83 bits per heavy atom. The maximum absolute atomic E-state index is 12.6. The number of unbranched alkanes of at least 4 members (excludes halogenated alkanes) is 5. The van der Waals surface area contributed by atoms with Gasteiger partial charge in [0.2, 0.25) is 5.91 Å². The van der Waals surface area contributed by atoms with E-state index in [-0.39, 0.29) is 12.5 Å². The number of aromatic amines is 1. The predicted octanol–water partition coefficient (Wildman–Crippen LogP) is 5.62. The molecule has 188 valence electrons. The van der Waals surface area contributed by atoms with E-state index in [4.69, 9.17) is 14.2 Å². The SMILES string of the molecule is CCCCCCCC=COc1ccc(C=CC(=O)Nc2cccc3c2OC(c2nnn[nH]2)CO3)cc1. The first-order valence-electron chi connectivity index (χ1n) is 12.3. The van der Waals surface area contributed by atoms with Gasteiger partial charge >= 0.3 is 0 Å². The Labute approximate surface area is 210 Å². The van der Waals surface area contributed by atoms with Crippen molar-refractivity contribution in [2.75, 3.05) is 11.9 Å². The van der Waals surface area contributed by atoms with E-state index in [0.717, 1.165) is 17.7 Å². The zero-order chi connectivity index (χ0) is 25.0. The van der Waals surface area contributed by atoms with Crippen LogP contribution in [0, 0.1) is 0 Å². The average molecular weight is 490 g/mol. The predicted molar refractivity (Wildman–Crippen MR) is 137 cm³/mol. The van der Waals surface area contributed by atoms with Crippen molar-refractivity contribution in [2.24, 2.45) is 0 Å². The van der Waals surface area contributed by atoms with E-state index in [2.05, 4.69) is 38.9 Å². The van der Waals surface area contributed by atoms with Crippen LogP contribution in [-0.4, -0.2) is 33.1 Å². The molecule has 0 bridgehead atoms. The molecule has 2 heterocycles. The molecule has 9 heteroatoms. The van der Waals surface area contributed by atoms with E-state index in [1.54, 1.807) is 30.5 Å². The third-order valence-electron chi connectivity index (χ3n) is 5.64. The molecule has 1 aromatic heterocycles. The van der Waals surface area contributed by atoms with Gasteiger partial charge < -0.3 is 19.5 Å². The van der Waals surface area contributed by atoms with Crippen molar-refractivity contribution in [1.29, 1.82) is 0 Å². The third kappa shape index (κ3) is 7.18. The molecule has 3 aromatic rings. The number of anilines is 1. The topological polar surface area (TPSA) is 111 Å². The van der Waals surface area contributed by atoms with E-state index >= 15 is 0 Å². The summed E-state index contributed by atoms with van der Waals surface area (Å²) in [5.74, 6) is 1.89. The van der Waals surface area contributed by atoms with E-state index in [1.807, 2.05) is 24.3 Å². The van der Waals surface area contributed by atoms with Gasteiger partial charge in [0, 0.05) is 6.08 Å². The van der Waals surface area contributed by atoms with Crippen LogP contribution in [0.25, 0.3) is 6.08 Å². The van der Waals surface area contributed by atoms with Crippen molar-refractivity contribution < 1.29 is 19.0 Å². The minimum absolute atomic E-state index is 0.260. The fourth-order valence-electron chi connectivity index (χ4n) is 3.69. The number of amides is 1. The third-order valence-corrected chi connectivity index (χ3v) is 5.64. The molecular weight excluding hydrogens is 458 g/mol. The highest BCUT2D eigenvalue weighted by atomic mass is 16.6. The van der Waals surface area contributed by atoms with E-state index < -0.39 is 6.10 Å². The van der Waals surface area contributed by atoms with Crippen LogP contribution < -0.4 is 19.5 Å². The van der Waals surface area contributed by atoms with Crippen molar-refractivity contribution in [3.63, 3.8) is 0 Å². The van der Waals surface area contributed by atoms with Crippen molar-refractivity contribution in [2.45, 2.75) is 51.6 Å². The van der Waals surface area contributed by atoms with E-state index in [0.29, 0.717) is 23.0 Å². The average Bonchev–Trinajstić information content (AvgIpc) is 3.45. The summed E-state index contributed by atoms with van der Waals surface area (Å²) in [4.78, 5) is 12.6. The Kier molecular flexibility index (Phi) is 9.07. The van der Waals surface area contributed by atoms with Crippen LogP contribution in [0.5, 0.6) is 17.2 Å². The van der Waals surface area contributed by atoms with Gasteiger partial charge in [-0.05, 0) is 65.2 Å². The molecule has 4 rings (SSSR count). The molecule has 0 aliphatic carbocycles. The zero-order valence-electron chi connectivity index (χ0n) is 20.4. The van der Waals surface area contributed by atoms with Gasteiger partial charge in [-0.25, -0.2) is 5.10 Å². The highest BCUT2D eigenvalue weighted by Gasteiger charge is 2.27. The first-order valence-corrected chi connectivity index (χ1v) is 12.3. The zero-order valence-corrected chi connectivity index (χ0v) is 20.4. The van der Waals surface area contributed by atoms with Crippen LogP contribution in [0.3, 0.4) is 0 Å². The van der Waals surface area contributed by atoms with E-state index in [1.165, 1.54) is 38.2 Å². The van der Waals surface area contributed by atoms with Crippen LogP contribution in [0.15, 0.2) is 60.9 Å². The van der Waals surface area contributed by atoms with Crippen LogP contribution in [0.2, 0.25) is 0 Å². The maximum atomic E-state index is 12.6. The lowest BCUT2D eigenvalue weighted by Crippen LogP contribution is -2.24. The second-order valence-corrected chi connectivity index (χ2v) is 8.42. The molecule has 36 heavy (non-hydrogen) atoms. The lowest BCUT2D eigenvalue weighted by atomic mass is 10.1. The Bertz CT molecular complexity index is 1160. The number of carbonyl (C=O) groups is 1. The molecule has 2 aromatic carbocycles. The number of allylic oxidation sites excluding steroid dienone is 1. The summed E-state index contributed by atoms with van der Waals surface area (Å²) in [6.07, 6.45) is 13.9. The fraction of sp³-hybridized carbons (Fsp3) is 0.333. The van der Waals surface area contributed by atoms with Crippen molar-refractivity contribution >= 4 is 17.7 Å². The van der Waals surface area contributed by atoms with Crippen LogP contribution >= 0.6 is 0 Å². The van der Waals surface area contributed by atoms with Gasteiger partial charge in [-0.2, -0.15) is 0 Å². The monoisotopic (exact) mass is 489 g/mol. The number of aromatic nitrogens is 4. The summed E-state index contributed by atoms with van der Waals surface area (Å²) in [5.41, 5.74) is 1.38. The number of rotatable bonds is 12. The van der Waals surface area contributed by atoms with Gasteiger partial charge in [0.25, 0.3) is 0 Å². The molecule has 1 aliphatic heterocycles. The van der Waals surface area contributed by atoms with Gasteiger partial charge in [0.05, 0.1) is 11.9 Å². The van der Waals surface area contributed by atoms with Gasteiger partial charge in [-0.1, -0.05) is 50.8 Å². The van der Waals surface area contributed by atoms with Crippen LogP contribution in [-0.2, 0) is 4.79 Å². The molecular formula is C27H31N5O4. The first-order chi connectivity index (χ1) is 17.7. The molecule has 0 fully saturated rings. The Morgan fingerprint density at radius 2 is 2.03 bits per heavy atom. The molecule has 0 spiro atoms. The number of tetrazole rings is 1. The number of hydrogen-bond acceptors (Lipinski definition) is 7. The minimum atomic E-state index is -0.498. The second-order valence-electron chi connectivity index (χ2n) is 8.42. The van der Waals surface area contributed by atoms with E-state index in [9.17, 15) is 4.79 Å². The smallest absolute Gasteiger partial charge is 0.248 e. The van der Waals surface area contributed by atoms with Gasteiger partial charge in [-0.3, -0.25) is 4.79 Å². The number of fused-ring (bicyclic) bond motifs is 1. The molecule has 0 saturated carbocycles. The molecule has 1 amide bonds. The number of benzene rings is 2. The highest BCUT2D eigenvalue weighted by molar-refractivity contribution is 6.03. The van der Waals surface area contributed by atoms with Crippen LogP contribution in [0.4, 0.5) is 5.69 Å². The molecule has 1 unspecified atom stereocenters. The summed E-state index contributed by atoms with van der Waals surface area (Å²) < 4.78 is 17.4.